The molecule has 0 bridgehead atoms. The number of sulfonamides is 1. The Morgan fingerprint density at radius 2 is 1.84 bits per heavy atom. The first-order chi connectivity index (χ1) is 14.9. The molecule has 2 aromatic carbocycles. The van der Waals surface area contributed by atoms with Crippen LogP contribution in [0.3, 0.4) is 0 Å². The molecule has 1 fully saturated rings. The van der Waals surface area contributed by atoms with Gasteiger partial charge in [-0.3, -0.25) is 4.79 Å². The second kappa shape index (κ2) is 8.56. The molecule has 0 unspecified atom stereocenters. The Kier molecular flexibility index (Phi) is 5.84. The molecule has 0 aliphatic carbocycles. The van der Waals surface area contributed by atoms with Crippen molar-refractivity contribution in [2.24, 2.45) is 0 Å². The van der Waals surface area contributed by atoms with Gasteiger partial charge in [0.15, 0.2) is 22.8 Å². The van der Waals surface area contributed by atoms with Crippen LogP contribution in [0.25, 0.3) is 11.0 Å². The fourth-order valence-corrected chi connectivity index (χ4v) is 4.60. The van der Waals surface area contributed by atoms with Crippen LogP contribution in [0.2, 0.25) is 0 Å². The van der Waals surface area contributed by atoms with Gasteiger partial charge in [-0.05, 0) is 48.7 Å². The SMILES string of the molecule is COc1ccc(CNS(=O)(=O)c2ccc3onc(C(=O)N4CCCC4)c3c2)cc1OC. The van der Waals surface area contributed by atoms with Crippen LogP contribution in [-0.4, -0.2) is 51.7 Å². The monoisotopic (exact) mass is 445 g/mol. The van der Waals surface area contributed by atoms with Crippen LogP contribution in [0.4, 0.5) is 0 Å². The third-order valence-electron chi connectivity index (χ3n) is 5.26. The molecule has 3 aromatic rings. The minimum Gasteiger partial charge on any atom is -0.493 e. The van der Waals surface area contributed by atoms with E-state index in [0.717, 1.165) is 12.8 Å². The normalized spacial score (nSPS) is 14.2. The lowest BCUT2D eigenvalue weighted by Crippen LogP contribution is -2.28. The highest BCUT2D eigenvalue weighted by Crippen LogP contribution is 2.28. The molecule has 4 rings (SSSR count). The summed E-state index contributed by atoms with van der Waals surface area (Å²) in [5.41, 5.74) is 1.20. The van der Waals surface area contributed by atoms with Crippen LogP contribution in [0, 0.1) is 0 Å². The average Bonchev–Trinajstić information content (AvgIpc) is 3.47. The molecule has 10 heteroatoms. The average molecular weight is 445 g/mol. The van der Waals surface area contributed by atoms with E-state index in [1.807, 2.05) is 0 Å². The number of fused-ring (bicyclic) bond motifs is 1. The van der Waals surface area contributed by atoms with Crippen molar-refractivity contribution in [1.82, 2.24) is 14.8 Å². The number of benzene rings is 2. The Balaban J connectivity index is 1.57. The Hall–Kier alpha value is -3.11. The number of nitrogens with one attached hydrogen (secondary N) is 1. The third kappa shape index (κ3) is 4.21. The van der Waals surface area contributed by atoms with Gasteiger partial charge in [0.1, 0.15) is 0 Å². The predicted octanol–water partition coefficient (Wildman–Crippen LogP) is 2.56. The van der Waals surface area contributed by atoms with Gasteiger partial charge in [-0.1, -0.05) is 11.2 Å². The van der Waals surface area contributed by atoms with Crippen molar-refractivity contribution in [3.8, 4) is 11.5 Å². The lowest BCUT2D eigenvalue weighted by molar-refractivity contribution is 0.0784. The highest BCUT2D eigenvalue weighted by Gasteiger charge is 2.26. The number of nitrogens with zero attached hydrogens (tertiary/aromatic N) is 2. The lowest BCUT2D eigenvalue weighted by Gasteiger charge is -2.13. The van der Waals surface area contributed by atoms with Crippen molar-refractivity contribution >= 4 is 26.9 Å². The fraction of sp³-hybridized carbons (Fsp3) is 0.333. The van der Waals surface area contributed by atoms with E-state index in [2.05, 4.69) is 9.88 Å². The molecule has 0 spiro atoms. The van der Waals surface area contributed by atoms with E-state index in [-0.39, 0.29) is 23.0 Å². The van der Waals surface area contributed by atoms with Gasteiger partial charge in [0.05, 0.1) is 24.5 Å². The predicted molar refractivity (Wildman–Crippen MR) is 113 cm³/mol. The zero-order valence-corrected chi connectivity index (χ0v) is 18.1. The quantitative estimate of drug-likeness (QED) is 0.595. The van der Waals surface area contributed by atoms with E-state index in [1.54, 1.807) is 23.1 Å². The van der Waals surface area contributed by atoms with Crippen molar-refractivity contribution in [3.05, 3.63) is 47.7 Å². The van der Waals surface area contributed by atoms with E-state index in [9.17, 15) is 13.2 Å². The molecule has 164 valence electrons. The lowest BCUT2D eigenvalue weighted by atomic mass is 10.2. The maximum Gasteiger partial charge on any atom is 0.276 e. The summed E-state index contributed by atoms with van der Waals surface area (Å²) in [7, 11) is -0.795. The van der Waals surface area contributed by atoms with E-state index in [0.29, 0.717) is 41.1 Å². The molecule has 9 nitrogen and oxygen atoms in total. The number of rotatable bonds is 7. The molecule has 31 heavy (non-hydrogen) atoms. The molecule has 1 N–H and O–H groups in total. The van der Waals surface area contributed by atoms with Gasteiger partial charge in [-0.25, -0.2) is 13.1 Å². The van der Waals surface area contributed by atoms with E-state index < -0.39 is 10.0 Å². The summed E-state index contributed by atoms with van der Waals surface area (Å²) in [6, 6.07) is 9.52. The number of aromatic nitrogens is 1. The number of ether oxygens (including phenoxy) is 2. The van der Waals surface area contributed by atoms with Crippen molar-refractivity contribution in [3.63, 3.8) is 0 Å². The molecular weight excluding hydrogens is 422 g/mol. The van der Waals surface area contributed by atoms with Crippen LogP contribution in [0.5, 0.6) is 11.5 Å². The van der Waals surface area contributed by atoms with Crippen molar-refractivity contribution < 1.29 is 27.2 Å². The van der Waals surface area contributed by atoms with E-state index in [1.165, 1.54) is 32.4 Å². The Morgan fingerprint density at radius 3 is 2.55 bits per heavy atom. The number of carbonyl (C=O) groups is 1. The summed E-state index contributed by atoms with van der Waals surface area (Å²) in [5, 5.41) is 4.27. The minimum absolute atomic E-state index is 0.0270. The molecule has 2 heterocycles. The summed E-state index contributed by atoms with van der Waals surface area (Å²) in [6.07, 6.45) is 1.89. The summed E-state index contributed by atoms with van der Waals surface area (Å²) in [4.78, 5) is 14.5. The Labute approximate surface area is 180 Å². The molecule has 1 amide bonds. The largest absolute Gasteiger partial charge is 0.493 e. The third-order valence-corrected chi connectivity index (χ3v) is 6.66. The van der Waals surface area contributed by atoms with Crippen molar-refractivity contribution in [1.29, 1.82) is 0 Å². The first-order valence-corrected chi connectivity index (χ1v) is 11.3. The smallest absolute Gasteiger partial charge is 0.276 e. The first-order valence-electron chi connectivity index (χ1n) is 9.82. The van der Waals surface area contributed by atoms with Crippen LogP contribution in [0.1, 0.15) is 28.9 Å². The Bertz CT molecular complexity index is 1220. The van der Waals surface area contributed by atoms with E-state index in [4.69, 9.17) is 14.0 Å². The van der Waals surface area contributed by atoms with Crippen LogP contribution in [0.15, 0.2) is 45.8 Å². The topological polar surface area (TPSA) is 111 Å². The highest BCUT2D eigenvalue weighted by atomic mass is 32.2. The fourth-order valence-electron chi connectivity index (χ4n) is 3.56. The summed E-state index contributed by atoms with van der Waals surface area (Å²) >= 11 is 0. The van der Waals surface area contributed by atoms with E-state index >= 15 is 0 Å². The molecule has 1 aliphatic rings. The Morgan fingerprint density at radius 1 is 1.10 bits per heavy atom. The molecule has 1 aromatic heterocycles. The number of hydrogen-bond donors (Lipinski definition) is 1. The van der Waals surface area contributed by atoms with Gasteiger partial charge in [0.2, 0.25) is 10.0 Å². The molecule has 0 radical (unpaired) electrons. The zero-order valence-electron chi connectivity index (χ0n) is 17.3. The summed E-state index contributed by atoms with van der Waals surface area (Å²) in [6.45, 7) is 1.39. The minimum atomic E-state index is -3.84. The summed E-state index contributed by atoms with van der Waals surface area (Å²) in [5.74, 6) is 0.821. The molecule has 1 saturated heterocycles. The first kappa shape index (κ1) is 21.1. The maximum atomic E-state index is 12.9. The van der Waals surface area contributed by atoms with Gasteiger partial charge in [-0.15, -0.1) is 0 Å². The second-order valence-corrected chi connectivity index (χ2v) is 8.97. The van der Waals surface area contributed by atoms with Crippen molar-refractivity contribution in [2.75, 3.05) is 27.3 Å². The molecular formula is C21H23N3O6S. The van der Waals surface area contributed by atoms with Gasteiger partial charge >= 0.3 is 0 Å². The van der Waals surface area contributed by atoms with Crippen LogP contribution < -0.4 is 14.2 Å². The zero-order chi connectivity index (χ0) is 22.0. The standard InChI is InChI=1S/C21H23N3O6S/c1-28-18-7-5-14(11-19(18)29-2)13-22-31(26,27)15-6-8-17-16(12-15)20(23-30-17)21(25)24-9-3-4-10-24/h5-8,11-12,22H,3-4,9-10,13H2,1-2H3. The highest BCUT2D eigenvalue weighted by molar-refractivity contribution is 7.89. The number of amides is 1. The maximum absolute atomic E-state index is 12.9. The number of methoxy groups -OCH3 is 2. The molecule has 0 saturated carbocycles. The number of hydrogen-bond acceptors (Lipinski definition) is 7. The van der Waals surface area contributed by atoms with Gasteiger partial charge < -0.3 is 18.9 Å². The molecule has 1 aliphatic heterocycles. The summed E-state index contributed by atoms with van der Waals surface area (Å²) < 4.78 is 44.0. The van der Waals surface area contributed by atoms with Gasteiger partial charge in [-0.2, -0.15) is 0 Å². The van der Waals surface area contributed by atoms with Gasteiger partial charge in [0.25, 0.3) is 5.91 Å². The number of carbonyl (C=O) groups excluding carboxylic acids is 1. The van der Waals surface area contributed by atoms with Crippen LogP contribution >= 0.6 is 0 Å². The second-order valence-electron chi connectivity index (χ2n) is 7.20. The van der Waals surface area contributed by atoms with Gasteiger partial charge in [0, 0.05) is 19.6 Å². The molecule has 0 atom stereocenters. The number of likely N-dealkylation sites (tertiary alicyclic amines) is 1. The van der Waals surface area contributed by atoms with Crippen LogP contribution in [-0.2, 0) is 16.6 Å². The van der Waals surface area contributed by atoms with Crippen molar-refractivity contribution in [2.45, 2.75) is 24.3 Å².